The summed E-state index contributed by atoms with van der Waals surface area (Å²) in [6.07, 6.45) is 10.4. The van der Waals surface area contributed by atoms with Gasteiger partial charge in [-0.2, -0.15) is 0 Å². The van der Waals surface area contributed by atoms with E-state index in [1.54, 1.807) is 12.4 Å². The van der Waals surface area contributed by atoms with Gasteiger partial charge in [0.15, 0.2) is 0 Å². The minimum Gasteiger partial charge on any atom is -0.372 e. The molecule has 1 unspecified atom stereocenters. The van der Waals surface area contributed by atoms with Crippen LogP contribution in [0.15, 0.2) is 67.3 Å². The number of nitrogens with zero attached hydrogens (tertiary/aromatic N) is 3. The van der Waals surface area contributed by atoms with Gasteiger partial charge in [0, 0.05) is 24.5 Å². The summed E-state index contributed by atoms with van der Waals surface area (Å²) in [4.78, 5) is 23.7. The number of carbonyl (C=O) groups excluding carboxylic acids is 1. The highest BCUT2D eigenvalue weighted by molar-refractivity contribution is 5.77. The number of carbonyl (C=O) groups is 1. The van der Waals surface area contributed by atoms with Crippen molar-refractivity contribution in [1.82, 2.24) is 25.5 Å². The van der Waals surface area contributed by atoms with Crippen LogP contribution in [0.1, 0.15) is 55.7 Å². The van der Waals surface area contributed by atoms with E-state index in [4.69, 9.17) is 4.74 Å². The Kier molecular flexibility index (Phi) is 6.89. The molecule has 2 bridgehead atoms. The quantitative estimate of drug-likeness (QED) is 0.422. The maximum Gasteiger partial charge on any atom is 0.315 e. The molecule has 4 fully saturated rings. The summed E-state index contributed by atoms with van der Waals surface area (Å²) in [5.41, 5.74) is 5.28. The first-order valence-corrected chi connectivity index (χ1v) is 13.9. The van der Waals surface area contributed by atoms with Crippen molar-refractivity contribution in [3.63, 3.8) is 0 Å². The fraction of sp³-hybridized carbons (Fsp3) is 0.452. The van der Waals surface area contributed by atoms with Gasteiger partial charge in [0.2, 0.25) is 0 Å². The van der Waals surface area contributed by atoms with E-state index in [9.17, 15) is 4.79 Å². The Labute approximate surface area is 225 Å². The van der Waals surface area contributed by atoms with Crippen LogP contribution in [0.3, 0.4) is 0 Å². The van der Waals surface area contributed by atoms with Crippen LogP contribution in [0.5, 0.6) is 0 Å². The lowest BCUT2D eigenvalue weighted by molar-refractivity contribution is 0.0101. The standard InChI is InChI=1S/C31H37N5O2/c1-2-30(21-36-15-11-28(30)12-16-36)34-29(37)35-31(13-14-31)27-9-7-26(8-10-27)25-5-3-23(4-6-25)19-38-20-24-17-32-22-33-18-24/h3-10,17-18,22,28H,2,11-16,19-21H2,1H3,(H2,34,35,37). The minimum absolute atomic E-state index is 0.0141. The van der Waals surface area contributed by atoms with Crippen LogP contribution in [-0.4, -0.2) is 46.1 Å². The molecule has 1 aromatic heterocycles. The van der Waals surface area contributed by atoms with E-state index in [0.717, 1.165) is 36.9 Å². The topological polar surface area (TPSA) is 79.4 Å². The Bertz CT molecular complexity index is 1240. The number of urea groups is 1. The number of ether oxygens (including phenoxy) is 1. The average Bonchev–Trinajstić information content (AvgIpc) is 3.75. The first-order valence-electron chi connectivity index (χ1n) is 13.9. The molecular weight excluding hydrogens is 474 g/mol. The third kappa shape index (κ3) is 5.18. The first kappa shape index (κ1) is 25.0. The molecule has 7 nitrogen and oxygen atoms in total. The third-order valence-electron chi connectivity index (χ3n) is 8.85. The third-order valence-corrected chi connectivity index (χ3v) is 8.85. The molecule has 38 heavy (non-hydrogen) atoms. The lowest BCUT2D eigenvalue weighted by atomic mass is 9.71. The molecule has 4 heterocycles. The number of hydrogen-bond acceptors (Lipinski definition) is 5. The van der Waals surface area contributed by atoms with Crippen molar-refractivity contribution in [1.29, 1.82) is 0 Å². The van der Waals surface area contributed by atoms with Crippen LogP contribution in [-0.2, 0) is 23.5 Å². The van der Waals surface area contributed by atoms with Crippen molar-refractivity contribution >= 4 is 6.03 Å². The average molecular weight is 512 g/mol. The Hall–Kier alpha value is -3.29. The molecule has 4 aliphatic rings. The highest BCUT2D eigenvalue weighted by atomic mass is 16.5. The van der Waals surface area contributed by atoms with Gasteiger partial charge in [-0.25, -0.2) is 14.8 Å². The number of nitrogens with one attached hydrogen (secondary N) is 2. The van der Waals surface area contributed by atoms with E-state index < -0.39 is 0 Å². The van der Waals surface area contributed by atoms with Crippen LogP contribution in [0, 0.1) is 5.92 Å². The summed E-state index contributed by atoms with van der Waals surface area (Å²) in [6.45, 7) is 6.58. The Morgan fingerprint density at radius 1 is 0.921 bits per heavy atom. The van der Waals surface area contributed by atoms with Gasteiger partial charge in [-0.15, -0.1) is 0 Å². The maximum atomic E-state index is 13.2. The van der Waals surface area contributed by atoms with Crippen LogP contribution in [0.25, 0.3) is 11.1 Å². The second-order valence-electron chi connectivity index (χ2n) is 11.2. The zero-order valence-electron chi connectivity index (χ0n) is 22.2. The minimum atomic E-state index is -0.240. The highest BCUT2D eigenvalue weighted by Crippen LogP contribution is 2.46. The molecule has 3 aliphatic heterocycles. The number of piperidine rings is 3. The molecule has 1 atom stereocenters. The SMILES string of the molecule is CCC1(NC(=O)NC2(c3ccc(-c4ccc(COCc5cncnc5)cc4)cc3)CC2)CN2CCC1CC2. The molecule has 0 radical (unpaired) electrons. The molecule has 7 heteroatoms. The number of rotatable bonds is 9. The van der Waals surface area contributed by atoms with E-state index in [1.165, 1.54) is 48.9 Å². The van der Waals surface area contributed by atoms with Gasteiger partial charge in [0.25, 0.3) is 0 Å². The second-order valence-corrected chi connectivity index (χ2v) is 11.2. The molecule has 2 N–H and O–H groups in total. The van der Waals surface area contributed by atoms with Crippen molar-refractivity contribution < 1.29 is 9.53 Å². The fourth-order valence-electron chi connectivity index (χ4n) is 6.35. The van der Waals surface area contributed by atoms with Gasteiger partial charge in [-0.3, -0.25) is 0 Å². The van der Waals surface area contributed by atoms with Crippen molar-refractivity contribution in [3.05, 3.63) is 83.9 Å². The lowest BCUT2D eigenvalue weighted by Crippen LogP contribution is -2.68. The van der Waals surface area contributed by atoms with E-state index in [1.807, 2.05) is 0 Å². The fourth-order valence-corrected chi connectivity index (χ4v) is 6.35. The van der Waals surface area contributed by atoms with E-state index >= 15 is 0 Å². The first-order chi connectivity index (χ1) is 18.6. The lowest BCUT2D eigenvalue weighted by Gasteiger charge is -2.53. The van der Waals surface area contributed by atoms with Crippen LogP contribution in [0.4, 0.5) is 4.79 Å². The molecule has 0 spiro atoms. The predicted molar refractivity (Wildman–Crippen MR) is 147 cm³/mol. The zero-order valence-corrected chi connectivity index (χ0v) is 22.2. The van der Waals surface area contributed by atoms with Gasteiger partial charge in [0.05, 0.1) is 24.3 Å². The van der Waals surface area contributed by atoms with Gasteiger partial charge < -0.3 is 20.3 Å². The van der Waals surface area contributed by atoms with Gasteiger partial charge in [0.1, 0.15) is 6.33 Å². The molecule has 2 aromatic carbocycles. The van der Waals surface area contributed by atoms with E-state index in [2.05, 4.69) is 81.0 Å². The molecule has 3 saturated heterocycles. The van der Waals surface area contributed by atoms with Crippen molar-refractivity contribution in [2.45, 2.75) is 63.3 Å². The van der Waals surface area contributed by atoms with Gasteiger partial charge >= 0.3 is 6.03 Å². The zero-order chi connectivity index (χ0) is 26.0. The van der Waals surface area contributed by atoms with Crippen LogP contribution < -0.4 is 10.6 Å². The summed E-state index contributed by atoms with van der Waals surface area (Å²) < 4.78 is 5.80. The van der Waals surface area contributed by atoms with Crippen LogP contribution >= 0.6 is 0 Å². The van der Waals surface area contributed by atoms with Crippen molar-refractivity contribution in [2.75, 3.05) is 19.6 Å². The molecule has 2 amide bonds. The smallest absolute Gasteiger partial charge is 0.315 e. The normalized spacial score (nSPS) is 25.1. The van der Waals surface area contributed by atoms with Crippen molar-refractivity contribution in [3.8, 4) is 11.1 Å². The molecule has 1 saturated carbocycles. The summed E-state index contributed by atoms with van der Waals surface area (Å²) in [7, 11) is 0. The molecule has 198 valence electrons. The summed E-state index contributed by atoms with van der Waals surface area (Å²) in [6, 6.07) is 17.1. The van der Waals surface area contributed by atoms with Crippen LogP contribution in [0.2, 0.25) is 0 Å². The Balaban J connectivity index is 1.05. The molecule has 7 rings (SSSR count). The molecular formula is C31H37N5O2. The Morgan fingerprint density at radius 3 is 2.13 bits per heavy atom. The molecule has 3 aromatic rings. The largest absolute Gasteiger partial charge is 0.372 e. The van der Waals surface area contributed by atoms with Crippen molar-refractivity contribution in [2.24, 2.45) is 5.92 Å². The predicted octanol–water partition coefficient (Wildman–Crippen LogP) is 5.02. The number of amides is 2. The number of benzene rings is 2. The highest BCUT2D eigenvalue weighted by Gasteiger charge is 2.49. The monoisotopic (exact) mass is 511 g/mol. The number of fused-ring (bicyclic) bond motifs is 3. The second kappa shape index (κ2) is 10.5. The maximum absolute atomic E-state index is 13.2. The molecule has 1 aliphatic carbocycles. The van der Waals surface area contributed by atoms with E-state index in [-0.39, 0.29) is 17.1 Å². The number of aromatic nitrogens is 2. The Morgan fingerprint density at radius 2 is 1.55 bits per heavy atom. The van der Waals surface area contributed by atoms with E-state index in [0.29, 0.717) is 19.1 Å². The summed E-state index contributed by atoms with van der Waals surface area (Å²) >= 11 is 0. The van der Waals surface area contributed by atoms with Gasteiger partial charge in [-0.1, -0.05) is 55.5 Å². The van der Waals surface area contributed by atoms with Gasteiger partial charge in [-0.05, 0) is 73.4 Å². The number of hydrogen-bond donors (Lipinski definition) is 2. The summed E-state index contributed by atoms with van der Waals surface area (Å²) in [5, 5.41) is 6.79. The summed E-state index contributed by atoms with van der Waals surface area (Å²) in [5.74, 6) is 0.592.